The van der Waals surface area contributed by atoms with Gasteiger partial charge in [-0.25, -0.2) is 4.99 Å². The first-order chi connectivity index (χ1) is 11.2. The van der Waals surface area contributed by atoms with Crippen LogP contribution >= 0.6 is 24.0 Å². The number of benzene rings is 2. The molecule has 0 radical (unpaired) electrons. The van der Waals surface area contributed by atoms with Crippen LogP contribution in [-0.4, -0.2) is 17.6 Å². The molecule has 0 aliphatic heterocycles. The van der Waals surface area contributed by atoms with Crippen molar-refractivity contribution in [3.63, 3.8) is 0 Å². The van der Waals surface area contributed by atoms with E-state index in [0.717, 1.165) is 31.0 Å². The highest BCUT2D eigenvalue weighted by Crippen LogP contribution is 2.12. The number of nitrogens with one attached hydrogen (secondary N) is 2. The topological polar surface area (TPSA) is 56.7 Å². The molecule has 0 aliphatic carbocycles. The molecule has 0 amide bonds. The molecule has 24 heavy (non-hydrogen) atoms. The Hall–Kier alpha value is -1.76. The van der Waals surface area contributed by atoms with E-state index in [0.29, 0.717) is 6.54 Å². The van der Waals surface area contributed by atoms with Gasteiger partial charge in [-0.05, 0) is 42.2 Å². The third kappa shape index (κ3) is 6.39. The van der Waals surface area contributed by atoms with E-state index in [9.17, 15) is 5.11 Å². The summed E-state index contributed by atoms with van der Waals surface area (Å²) in [4.78, 5) is 4.58. The highest BCUT2D eigenvalue weighted by molar-refractivity contribution is 14.0. The van der Waals surface area contributed by atoms with E-state index >= 15 is 0 Å². The second-order valence-electron chi connectivity index (χ2n) is 5.34. The average Bonchev–Trinajstić information content (AvgIpc) is 2.57. The summed E-state index contributed by atoms with van der Waals surface area (Å²) >= 11 is 0. The Morgan fingerprint density at radius 2 is 1.75 bits per heavy atom. The largest absolute Gasteiger partial charge is 0.508 e. The number of hydrogen-bond acceptors (Lipinski definition) is 2. The lowest BCUT2D eigenvalue weighted by Gasteiger charge is -2.13. The lowest BCUT2D eigenvalue weighted by molar-refractivity contribution is 0.474. The number of rotatable bonds is 6. The molecule has 130 valence electrons. The van der Waals surface area contributed by atoms with Crippen LogP contribution in [0.15, 0.2) is 53.5 Å². The average molecular weight is 439 g/mol. The summed E-state index contributed by atoms with van der Waals surface area (Å²) in [6, 6.07) is 15.6. The number of aryl methyl sites for hydroxylation is 1. The lowest BCUT2D eigenvalue weighted by atomic mass is 10.1. The number of phenolic OH excluding ortho intramolecular Hbond substituents is 1. The minimum atomic E-state index is 0. The molecule has 0 fully saturated rings. The number of aliphatic imine (C=N–C) groups is 1. The van der Waals surface area contributed by atoms with E-state index < -0.39 is 0 Å². The predicted molar refractivity (Wildman–Crippen MR) is 111 cm³/mol. The van der Waals surface area contributed by atoms with Crippen LogP contribution in [0.1, 0.15) is 30.5 Å². The number of halogens is 1. The maximum atomic E-state index is 9.51. The molecule has 0 aliphatic rings. The molecule has 0 atom stereocenters. The van der Waals surface area contributed by atoms with Gasteiger partial charge in [0.1, 0.15) is 5.75 Å². The molecule has 0 saturated carbocycles. The third-order valence-electron chi connectivity index (χ3n) is 3.62. The van der Waals surface area contributed by atoms with Crippen LogP contribution in [0.2, 0.25) is 0 Å². The summed E-state index contributed by atoms with van der Waals surface area (Å²) in [5, 5.41) is 16.1. The van der Waals surface area contributed by atoms with E-state index in [1.165, 1.54) is 11.1 Å². The Morgan fingerprint density at radius 1 is 1.00 bits per heavy atom. The van der Waals surface area contributed by atoms with Gasteiger partial charge in [0.2, 0.25) is 0 Å². The second kappa shape index (κ2) is 10.9. The first-order valence-corrected chi connectivity index (χ1v) is 8.09. The van der Waals surface area contributed by atoms with Gasteiger partial charge >= 0.3 is 0 Å². The summed E-state index contributed by atoms with van der Waals surface area (Å²) in [5.41, 5.74) is 3.62. The van der Waals surface area contributed by atoms with Crippen molar-refractivity contribution >= 4 is 29.9 Å². The van der Waals surface area contributed by atoms with E-state index in [1.54, 1.807) is 12.1 Å². The van der Waals surface area contributed by atoms with Gasteiger partial charge in [-0.15, -0.1) is 24.0 Å². The van der Waals surface area contributed by atoms with Crippen LogP contribution in [-0.2, 0) is 19.5 Å². The maximum Gasteiger partial charge on any atom is 0.191 e. The zero-order valence-corrected chi connectivity index (χ0v) is 16.6. The van der Waals surface area contributed by atoms with Crippen LogP contribution in [0.25, 0.3) is 0 Å². The number of aromatic hydroxyl groups is 1. The number of guanidine groups is 1. The van der Waals surface area contributed by atoms with E-state index in [-0.39, 0.29) is 29.7 Å². The van der Waals surface area contributed by atoms with Crippen molar-refractivity contribution in [1.29, 1.82) is 0 Å². The van der Waals surface area contributed by atoms with Crippen LogP contribution in [0.3, 0.4) is 0 Å². The van der Waals surface area contributed by atoms with Crippen molar-refractivity contribution in [3.8, 4) is 5.75 Å². The highest BCUT2D eigenvalue weighted by Gasteiger charge is 2.02. The van der Waals surface area contributed by atoms with Crippen LogP contribution < -0.4 is 10.6 Å². The van der Waals surface area contributed by atoms with Gasteiger partial charge in [0, 0.05) is 13.1 Å². The molecular weight excluding hydrogens is 413 g/mol. The molecule has 4 nitrogen and oxygen atoms in total. The molecule has 0 unspecified atom stereocenters. The number of hydrogen-bond donors (Lipinski definition) is 3. The van der Waals surface area contributed by atoms with Crippen molar-refractivity contribution in [3.05, 3.63) is 65.2 Å². The quantitative estimate of drug-likeness (QED) is 0.365. The van der Waals surface area contributed by atoms with Crippen molar-refractivity contribution in [2.45, 2.75) is 33.4 Å². The van der Waals surface area contributed by atoms with Gasteiger partial charge in [0.05, 0.1) is 6.54 Å². The molecule has 0 saturated heterocycles. The molecule has 0 bridgehead atoms. The number of phenols is 1. The van der Waals surface area contributed by atoms with Crippen LogP contribution in [0, 0.1) is 0 Å². The van der Waals surface area contributed by atoms with Gasteiger partial charge in [-0.3, -0.25) is 0 Å². The minimum absolute atomic E-state index is 0. The molecule has 0 aromatic heterocycles. The predicted octanol–water partition coefficient (Wildman–Crippen LogP) is 3.83. The molecule has 2 aromatic carbocycles. The minimum Gasteiger partial charge on any atom is -0.508 e. The van der Waals surface area contributed by atoms with Crippen LogP contribution in [0.4, 0.5) is 0 Å². The summed E-state index contributed by atoms with van der Waals surface area (Å²) in [6.45, 7) is 6.29. The zero-order valence-electron chi connectivity index (χ0n) is 14.2. The molecular formula is C19H26IN3O. The van der Waals surface area contributed by atoms with Gasteiger partial charge in [-0.1, -0.05) is 43.3 Å². The summed E-state index contributed by atoms with van der Waals surface area (Å²) < 4.78 is 0. The molecule has 5 heteroatoms. The normalized spacial score (nSPS) is 10.8. The first kappa shape index (κ1) is 20.3. The first-order valence-electron chi connectivity index (χ1n) is 8.09. The Kier molecular flexibility index (Phi) is 9.22. The van der Waals surface area contributed by atoms with Crippen molar-refractivity contribution in [1.82, 2.24) is 10.6 Å². The van der Waals surface area contributed by atoms with Crippen molar-refractivity contribution in [2.75, 3.05) is 6.54 Å². The van der Waals surface area contributed by atoms with Crippen molar-refractivity contribution in [2.24, 2.45) is 4.99 Å². The second-order valence-corrected chi connectivity index (χ2v) is 5.34. The third-order valence-corrected chi connectivity index (χ3v) is 3.62. The Bertz CT molecular complexity index is 659. The fourth-order valence-electron chi connectivity index (χ4n) is 2.42. The summed E-state index contributed by atoms with van der Waals surface area (Å²) in [7, 11) is 0. The van der Waals surface area contributed by atoms with E-state index in [1.807, 2.05) is 19.1 Å². The maximum absolute atomic E-state index is 9.51. The highest BCUT2D eigenvalue weighted by atomic mass is 127. The molecule has 3 N–H and O–H groups in total. The Labute approximate surface area is 161 Å². The SMILES string of the molecule is CCNC(=NCc1cccc(O)c1)NCc1ccccc1CC.I. The summed E-state index contributed by atoms with van der Waals surface area (Å²) in [6.07, 6.45) is 1.02. The van der Waals surface area contributed by atoms with Gasteiger partial charge in [-0.2, -0.15) is 0 Å². The molecule has 2 rings (SSSR count). The Balaban J connectivity index is 0.00000288. The lowest BCUT2D eigenvalue weighted by Crippen LogP contribution is -2.37. The van der Waals surface area contributed by atoms with Crippen molar-refractivity contribution < 1.29 is 5.11 Å². The van der Waals surface area contributed by atoms with Gasteiger partial charge in [0.25, 0.3) is 0 Å². The fraction of sp³-hybridized carbons (Fsp3) is 0.316. The van der Waals surface area contributed by atoms with E-state index in [2.05, 4.69) is 46.8 Å². The Morgan fingerprint density at radius 3 is 2.42 bits per heavy atom. The fourth-order valence-corrected chi connectivity index (χ4v) is 2.42. The molecule has 0 heterocycles. The standard InChI is InChI=1S/C19H25N3O.HI/c1-3-16-9-5-6-10-17(16)14-22-19(20-4-2)21-13-15-8-7-11-18(23)12-15;/h5-12,23H,3-4,13-14H2,1-2H3,(H2,20,21,22);1H. The smallest absolute Gasteiger partial charge is 0.191 e. The van der Waals surface area contributed by atoms with Gasteiger partial charge in [0.15, 0.2) is 5.96 Å². The zero-order chi connectivity index (χ0) is 16.5. The number of nitrogens with zero attached hydrogens (tertiary/aromatic N) is 1. The van der Waals surface area contributed by atoms with E-state index in [4.69, 9.17) is 0 Å². The summed E-state index contributed by atoms with van der Waals surface area (Å²) in [5.74, 6) is 1.05. The molecule has 0 spiro atoms. The van der Waals surface area contributed by atoms with Gasteiger partial charge < -0.3 is 15.7 Å². The van der Waals surface area contributed by atoms with Crippen LogP contribution in [0.5, 0.6) is 5.75 Å². The monoisotopic (exact) mass is 439 g/mol. The molecule has 2 aromatic rings.